The van der Waals surface area contributed by atoms with Gasteiger partial charge in [-0.2, -0.15) is 5.10 Å². The van der Waals surface area contributed by atoms with Crippen LogP contribution in [0.5, 0.6) is 5.75 Å². The van der Waals surface area contributed by atoms with Gasteiger partial charge >= 0.3 is 5.97 Å². The van der Waals surface area contributed by atoms with Crippen LogP contribution < -0.4 is 4.74 Å². The van der Waals surface area contributed by atoms with Crippen LogP contribution in [-0.4, -0.2) is 20.9 Å². The van der Waals surface area contributed by atoms with E-state index in [0.29, 0.717) is 12.4 Å². The van der Waals surface area contributed by atoms with Gasteiger partial charge in [-0.15, -0.1) is 0 Å². The zero-order valence-corrected chi connectivity index (χ0v) is 12.4. The Kier molecular flexibility index (Phi) is 4.42. The zero-order valence-electron chi connectivity index (χ0n) is 12.4. The van der Waals surface area contributed by atoms with E-state index in [1.807, 2.05) is 30.3 Å². The Bertz CT molecular complexity index is 631. The first-order valence-electron chi connectivity index (χ1n) is 7.73. The Balaban J connectivity index is 1.79. The van der Waals surface area contributed by atoms with Gasteiger partial charge < -0.3 is 9.84 Å². The maximum absolute atomic E-state index is 11.6. The van der Waals surface area contributed by atoms with Gasteiger partial charge in [0.25, 0.3) is 0 Å². The minimum absolute atomic E-state index is 0.169. The number of benzene rings is 1. The summed E-state index contributed by atoms with van der Waals surface area (Å²) in [5.41, 5.74) is 1.17. The van der Waals surface area contributed by atoms with Crippen LogP contribution in [0.2, 0.25) is 0 Å². The molecule has 0 radical (unpaired) electrons. The van der Waals surface area contributed by atoms with Crippen molar-refractivity contribution in [1.29, 1.82) is 0 Å². The smallest absolute Gasteiger partial charge is 0.358 e. The first-order valence-corrected chi connectivity index (χ1v) is 7.73. The molecule has 3 rings (SSSR count). The van der Waals surface area contributed by atoms with E-state index in [2.05, 4.69) is 5.10 Å². The molecule has 1 aliphatic carbocycles. The average molecular weight is 300 g/mol. The number of rotatable bonds is 5. The second-order valence-corrected chi connectivity index (χ2v) is 5.67. The molecule has 1 aromatic heterocycles. The number of carboxylic acids is 1. The molecule has 5 nitrogen and oxygen atoms in total. The molecule has 0 amide bonds. The summed E-state index contributed by atoms with van der Waals surface area (Å²) in [6.45, 7) is 0.345. The largest absolute Gasteiger partial charge is 0.485 e. The second-order valence-electron chi connectivity index (χ2n) is 5.67. The van der Waals surface area contributed by atoms with E-state index in [0.717, 1.165) is 31.2 Å². The highest BCUT2D eigenvalue weighted by Gasteiger charge is 2.25. The van der Waals surface area contributed by atoms with E-state index in [-0.39, 0.29) is 11.7 Å². The van der Waals surface area contributed by atoms with Crippen LogP contribution in [0.3, 0.4) is 0 Å². The third-order valence-corrected chi connectivity index (χ3v) is 4.12. The van der Waals surface area contributed by atoms with E-state index in [4.69, 9.17) is 4.74 Å². The topological polar surface area (TPSA) is 64.3 Å². The Hall–Kier alpha value is -2.30. The molecular weight excluding hydrogens is 280 g/mol. The van der Waals surface area contributed by atoms with Gasteiger partial charge in [0.05, 0.1) is 12.2 Å². The van der Waals surface area contributed by atoms with E-state index in [1.54, 1.807) is 4.68 Å². The van der Waals surface area contributed by atoms with Crippen LogP contribution in [0, 0.1) is 0 Å². The fraction of sp³-hybridized carbons (Fsp3) is 0.412. The van der Waals surface area contributed by atoms with Crippen molar-refractivity contribution in [1.82, 2.24) is 9.78 Å². The van der Waals surface area contributed by atoms with Gasteiger partial charge in [0.2, 0.25) is 0 Å². The molecule has 116 valence electrons. The van der Waals surface area contributed by atoms with Gasteiger partial charge in [0.1, 0.15) is 6.61 Å². The van der Waals surface area contributed by atoms with Crippen molar-refractivity contribution in [2.24, 2.45) is 0 Å². The summed E-state index contributed by atoms with van der Waals surface area (Å²) in [7, 11) is 0. The summed E-state index contributed by atoms with van der Waals surface area (Å²) >= 11 is 0. The first-order chi connectivity index (χ1) is 10.8. The summed E-state index contributed by atoms with van der Waals surface area (Å²) in [5, 5.41) is 13.8. The molecule has 1 fully saturated rings. The molecule has 5 heteroatoms. The minimum atomic E-state index is -0.980. The molecule has 1 aliphatic rings. The van der Waals surface area contributed by atoms with Crippen molar-refractivity contribution in [2.75, 3.05) is 0 Å². The molecule has 1 saturated carbocycles. The van der Waals surface area contributed by atoms with Gasteiger partial charge in [-0.25, -0.2) is 4.79 Å². The van der Waals surface area contributed by atoms with Gasteiger partial charge in [-0.3, -0.25) is 4.68 Å². The molecule has 1 heterocycles. The number of carboxylic acid groups (broad SMARTS) is 1. The molecule has 0 saturated heterocycles. The Morgan fingerprint density at radius 1 is 1.23 bits per heavy atom. The third-order valence-electron chi connectivity index (χ3n) is 4.12. The molecule has 0 unspecified atom stereocenters. The van der Waals surface area contributed by atoms with Crippen molar-refractivity contribution in [3.05, 3.63) is 47.8 Å². The van der Waals surface area contributed by atoms with Crippen molar-refractivity contribution >= 4 is 5.97 Å². The zero-order chi connectivity index (χ0) is 15.4. The molecule has 1 N–H and O–H groups in total. The van der Waals surface area contributed by atoms with Crippen LogP contribution in [0.25, 0.3) is 0 Å². The standard InChI is InChI=1S/C17H20N2O3/c20-17(21)16-15(22-12-13-7-3-1-4-8-13)11-18-19(16)14-9-5-2-6-10-14/h1,3-4,7-8,11,14H,2,5-6,9-10,12H2,(H,20,21). The summed E-state index contributed by atoms with van der Waals surface area (Å²) in [4.78, 5) is 11.6. The minimum Gasteiger partial charge on any atom is -0.485 e. The fourth-order valence-corrected chi connectivity index (χ4v) is 2.99. The fourth-order valence-electron chi connectivity index (χ4n) is 2.99. The molecule has 22 heavy (non-hydrogen) atoms. The molecule has 1 aromatic carbocycles. The summed E-state index contributed by atoms with van der Waals surface area (Å²) in [6, 6.07) is 9.88. The van der Waals surface area contributed by atoms with Crippen LogP contribution in [-0.2, 0) is 6.61 Å². The normalized spacial score (nSPS) is 15.6. The average Bonchev–Trinajstić information content (AvgIpc) is 2.99. The highest BCUT2D eigenvalue weighted by atomic mass is 16.5. The van der Waals surface area contributed by atoms with Crippen LogP contribution in [0.15, 0.2) is 36.5 Å². The quantitative estimate of drug-likeness (QED) is 0.915. The molecule has 2 aromatic rings. The first kappa shape index (κ1) is 14.6. The van der Waals surface area contributed by atoms with Crippen LogP contribution in [0.4, 0.5) is 0 Å². The molecule has 0 atom stereocenters. The third kappa shape index (κ3) is 3.13. The Labute approximate surface area is 129 Å². The second kappa shape index (κ2) is 6.64. The lowest BCUT2D eigenvalue weighted by Crippen LogP contribution is -2.19. The number of carbonyl (C=O) groups is 1. The lowest BCUT2D eigenvalue weighted by atomic mass is 9.95. The number of hydrogen-bond acceptors (Lipinski definition) is 3. The maximum atomic E-state index is 11.6. The lowest BCUT2D eigenvalue weighted by Gasteiger charge is -2.23. The number of nitrogens with zero attached hydrogens (tertiary/aromatic N) is 2. The Morgan fingerprint density at radius 2 is 1.95 bits per heavy atom. The van der Waals surface area contributed by atoms with E-state index >= 15 is 0 Å². The molecule has 0 spiro atoms. The number of ether oxygens (including phenoxy) is 1. The van der Waals surface area contributed by atoms with Gasteiger partial charge in [0.15, 0.2) is 11.4 Å². The van der Waals surface area contributed by atoms with Gasteiger partial charge in [-0.1, -0.05) is 49.6 Å². The Morgan fingerprint density at radius 3 is 2.64 bits per heavy atom. The summed E-state index contributed by atoms with van der Waals surface area (Å²) < 4.78 is 7.33. The monoisotopic (exact) mass is 300 g/mol. The molecule has 0 bridgehead atoms. The van der Waals surface area contributed by atoms with Crippen molar-refractivity contribution in [3.63, 3.8) is 0 Å². The van der Waals surface area contributed by atoms with E-state index in [9.17, 15) is 9.90 Å². The number of aromatic nitrogens is 2. The highest BCUT2D eigenvalue weighted by Crippen LogP contribution is 2.31. The van der Waals surface area contributed by atoms with Crippen molar-refractivity contribution in [2.45, 2.75) is 44.8 Å². The lowest BCUT2D eigenvalue weighted by molar-refractivity contribution is 0.0672. The summed E-state index contributed by atoms with van der Waals surface area (Å²) in [5.74, 6) is -0.631. The highest BCUT2D eigenvalue weighted by molar-refractivity contribution is 5.88. The van der Waals surface area contributed by atoms with E-state index in [1.165, 1.54) is 12.6 Å². The SMILES string of the molecule is O=C(O)c1c(OCc2ccccc2)cnn1C1CCCCC1. The predicted octanol–water partition coefficient (Wildman–Crippen LogP) is 3.67. The van der Waals surface area contributed by atoms with Crippen molar-refractivity contribution in [3.8, 4) is 5.75 Å². The number of hydrogen-bond donors (Lipinski definition) is 1. The van der Waals surface area contributed by atoms with Gasteiger partial charge in [-0.05, 0) is 18.4 Å². The number of aromatic carboxylic acids is 1. The maximum Gasteiger partial charge on any atom is 0.358 e. The van der Waals surface area contributed by atoms with Crippen LogP contribution in [0.1, 0.15) is 54.2 Å². The predicted molar refractivity (Wildman–Crippen MR) is 82.1 cm³/mol. The molecule has 0 aliphatic heterocycles. The van der Waals surface area contributed by atoms with Crippen molar-refractivity contribution < 1.29 is 14.6 Å². The van der Waals surface area contributed by atoms with Crippen LogP contribution >= 0.6 is 0 Å². The van der Waals surface area contributed by atoms with Gasteiger partial charge in [0, 0.05) is 0 Å². The van der Waals surface area contributed by atoms with E-state index < -0.39 is 5.97 Å². The molecular formula is C17H20N2O3. The summed E-state index contributed by atoms with van der Waals surface area (Å²) in [6.07, 6.45) is 6.98.